The molecule has 0 fully saturated rings. The van der Waals surface area contributed by atoms with Crippen LogP contribution in [0.3, 0.4) is 0 Å². The second-order valence-corrected chi connectivity index (χ2v) is 3.83. The molecule has 1 heterocycles. The van der Waals surface area contributed by atoms with Gasteiger partial charge in [0.15, 0.2) is 0 Å². The van der Waals surface area contributed by atoms with E-state index in [4.69, 9.17) is 5.73 Å². The molecular weight excluding hydrogens is 204 g/mol. The van der Waals surface area contributed by atoms with Crippen molar-refractivity contribution in [3.63, 3.8) is 0 Å². The summed E-state index contributed by atoms with van der Waals surface area (Å²) in [5, 5.41) is 6.42. The molecular formula is C11H18N4O. The van der Waals surface area contributed by atoms with Gasteiger partial charge in [0.1, 0.15) is 5.82 Å². The van der Waals surface area contributed by atoms with E-state index in [1.807, 2.05) is 0 Å². The third-order valence-corrected chi connectivity index (χ3v) is 2.03. The lowest BCUT2D eigenvalue weighted by molar-refractivity contribution is 0.1000. The van der Waals surface area contributed by atoms with E-state index < -0.39 is 5.91 Å². The van der Waals surface area contributed by atoms with E-state index in [-0.39, 0.29) is 0 Å². The van der Waals surface area contributed by atoms with Crippen molar-refractivity contribution in [2.75, 3.05) is 18.4 Å². The first-order valence-electron chi connectivity index (χ1n) is 5.32. The average Bonchev–Trinajstić information content (AvgIpc) is 2.25. The summed E-state index contributed by atoms with van der Waals surface area (Å²) in [5.74, 6) is 0.288. The largest absolute Gasteiger partial charge is 0.369 e. The van der Waals surface area contributed by atoms with Crippen LogP contribution in [0, 0.1) is 0 Å². The molecule has 1 aromatic heterocycles. The molecule has 5 nitrogen and oxygen atoms in total. The minimum Gasteiger partial charge on any atom is -0.369 e. The number of pyridine rings is 1. The van der Waals surface area contributed by atoms with Crippen molar-refractivity contribution in [1.29, 1.82) is 0 Å². The fraction of sp³-hybridized carbons (Fsp3) is 0.455. The Hall–Kier alpha value is -1.62. The Morgan fingerprint density at radius 1 is 1.44 bits per heavy atom. The maximum atomic E-state index is 10.8. The molecule has 0 aliphatic rings. The van der Waals surface area contributed by atoms with E-state index in [1.165, 1.54) is 6.20 Å². The van der Waals surface area contributed by atoms with Crippen LogP contribution in [0.25, 0.3) is 0 Å². The number of hydrogen-bond donors (Lipinski definition) is 3. The molecule has 1 amide bonds. The van der Waals surface area contributed by atoms with E-state index >= 15 is 0 Å². The van der Waals surface area contributed by atoms with Gasteiger partial charge < -0.3 is 16.4 Å². The van der Waals surface area contributed by atoms with Gasteiger partial charge in [-0.25, -0.2) is 4.98 Å². The van der Waals surface area contributed by atoms with Crippen LogP contribution in [0.4, 0.5) is 5.82 Å². The number of anilines is 1. The van der Waals surface area contributed by atoms with Crippen molar-refractivity contribution in [3.05, 3.63) is 23.9 Å². The average molecular weight is 222 g/mol. The number of nitrogens with two attached hydrogens (primary N) is 1. The summed E-state index contributed by atoms with van der Waals surface area (Å²) in [7, 11) is 0. The second-order valence-electron chi connectivity index (χ2n) is 3.83. The molecule has 4 N–H and O–H groups in total. The van der Waals surface area contributed by atoms with Gasteiger partial charge in [-0.05, 0) is 12.1 Å². The molecule has 1 rings (SSSR count). The summed E-state index contributed by atoms with van der Waals surface area (Å²) in [6.45, 7) is 5.86. The normalized spacial score (nSPS) is 10.4. The fourth-order valence-electron chi connectivity index (χ4n) is 1.20. The lowest BCUT2D eigenvalue weighted by Gasteiger charge is -2.09. The van der Waals surface area contributed by atoms with Crippen LogP contribution >= 0.6 is 0 Å². The van der Waals surface area contributed by atoms with E-state index in [2.05, 4.69) is 29.5 Å². The molecule has 0 saturated carbocycles. The van der Waals surface area contributed by atoms with Crippen LogP contribution < -0.4 is 16.4 Å². The molecule has 1 aromatic rings. The van der Waals surface area contributed by atoms with Gasteiger partial charge in [-0.1, -0.05) is 13.8 Å². The molecule has 16 heavy (non-hydrogen) atoms. The first-order valence-corrected chi connectivity index (χ1v) is 5.32. The molecule has 0 aromatic carbocycles. The Bertz CT molecular complexity index is 334. The van der Waals surface area contributed by atoms with Crippen LogP contribution in [-0.4, -0.2) is 30.0 Å². The molecule has 0 spiro atoms. The lowest BCUT2D eigenvalue weighted by atomic mass is 10.3. The van der Waals surface area contributed by atoms with Crippen molar-refractivity contribution in [1.82, 2.24) is 10.3 Å². The summed E-state index contributed by atoms with van der Waals surface area (Å²) in [4.78, 5) is 14.9. The molecule has 0 atom stereocenters. The van der Waals surface area contributed by atoms with Gasteiger partial charge in [0.05, 0.1) is 5.56 Å². The summed E-state index contributed by atoms with van der Waals surface area (Å²) in [5.41, 5.74) is 5.53. The van der Waals surface area contributed by atoms with E-state index in [0.717, 1.165) is 18.9 Å². The number of rotatable bonds is 6. The lowest BCUT2D eigenvalue weighted by Crippen LogP contribution is -2.28. The molecule has 0 bridgehead atoms. The fourth-order valence-corrected chi connectivity index (χ4v) is 1.20. The molecule has 5 heteroatoms. The first kappa shape index (κ1) is 12.4. The van der Waals surface area contributed by atoms with Crippen LogP contribution in [0.15, 0.2) is 18.3 Å². The molecule has 0 radical (unpaired) electrons. The molecule has 0 aliphatic carbocycles. The summed E-state index contributed by atoms with van der Waals surface area (Å²) >= 11 is 0. The Morgan fingerprint density at radius 3 is 2.69 bits per heavy atom. The van der Waals surface area contributed by atoms with Gasteiger partial charge in [-0.3, -0.25) is 4.79 Å². The molecule has 0 aliphatic heterocycles. The summed E-state index contributed by atoms with van der Waals surface area (Å²) in [6, 6.07) is 3.88. The SMILES string of the molecule is CC(C)NCCNc1ccc(C(N)=O)cn1. The highest BCUT2D eigenvalue weighted by atomic mass is 16.1. The maximum absolute atomic E-state index is 10.8. The minimum absolute atomic E-state index is 0.422. The van der Waals surface area contributed by atoms with Crippen molar-refractivity contribution in [2.24, 2.45) is 5.73 Å². The van der Waals surface area contributed by atoms with Crippen molar-refractivity contribution >= 4 is 11.7 Å². The third kappa shape index (κ3) is 4.27. The number of hydrogen-bond acceptors (Lipinski definition) is 4. The number of carbonyl (C=O) groups is 1. The van der Waals surface area contributed by atoms with Gasteiger partial charge in [0, 0.05) is 25.3 Å². The van der Waals surface area contributed by atoms with Gasteiger partial charge in [0.25, 0.3) is 0 Å². The Morgan fingerprint density at radius 2 is 2.19 bits per heavy atom. The minimum atomic E-state index is -0.458. The number of carbonyl (C=O) groups excluding carboxylic acids is 1. The zero-order chi connectivity index (χ0) is 12.0. The first-order chi connectivity index (χ1) is 7.59. The van der Waals surface area contributed by atoms with Gasteiger partial charge in [-0.2, -0.15) is 0 Å². The predicted octanol–water partition coefficient (Wildman–Crippen LogP) is 0.590. The maximum Gasteiger partial charge on any atom is 0.250 e. The van der Waals surface area contributed by atoms with E-state index in [9.17, 15) is 4.79 Å². The van der Waals surface area contributed by atoms with Crippen LogP contribution in [0.1, 0.15) is 24.2 Å². The van der Waals surface area contributed by atoms with Crippen molar-refractivity contribution in [3.8, 4) is 0 Å². The van der Waals surface area contributed by atoms with Crippen LogP contribution in [0.2, 0.25) is 0 Å². The molecule has 88 valence electrons. The van der Waals surface area contributed by atoms with E-state index in [0.29, 0.717) is 11.6 Å². The van der Waals surface area contributed by atoms with Gasteiger partial charge in [0.2, 0.25) is 5.91 Å². The van der Waals surface area contributed by atoms with Crippen LogP contribution in [-0.2, 0) is 0 Å². The summed E-state index contributed by atoms with van der Waals surface area (Å²) < 4.78 is 0. The quantitative estimate of drug-likeness (QED) is 0.615. The van der Waals surface area contributed by atoms with Crippen LogP contribution in [0.5, 0.6) is 0 Å². The number of nitrogens with one attached hydrogen (secondary N) is 2. The van der Waals surface area contributed by atoms with Crippen molar-refractivity contribution in [2.45, 2.75) is 19.9 Å². The zero-order valence-electron chi connectivity index (χ0n) is 9.66. The number of amides is 1. The highest BCUT2D eigenvalue weighted by Gasteiger charge is 2.00. The van der Waals surface area contributed by atoms with Gasteiger partial charge in [-0.15, -0.1) is 0 Å². The second kappa shape index (κ2) is 6.07. The number of primary amides is 1. The van der Waals surface area contributed by atoms with Gasteiger partial charge >= 0.3 is 0 Å². The summed E-state index contributed by atoms with van der Waals surface area (Å²) in [6.07, 6.45) is 1.47. The van der Waals surface area contributed by atoms with Crippen molar-refractivity contribution < 1.29 is 4.79 Å². The Labute approximate surface area is 95.4 Å². The highest BCUT2D eigenvalue weighted by molar-refractivity contribution is 5.92. The van der Waals surface area contributed by atoms with E-state index in [1.54, 1.807) is 12.1 Å². The Balaban J connectivity index is 2.35. The number of nitrogens with zero attached hydrogens (tertiary/aromatic N) is 1. The smallest absolute Gasteiger partial charge is 0.250 e. The predicted molar refractivity (Wildman–Crippen MR) is 64.4 cm³/mol. The highest BCUT2D eigenvalue weighted by Crippen LogP contribution is 2.03. The standard InChI is InChI=1S/C11H18N4O/c1-8(2)13-5-6-14-10-4-3-9(7-15-10)11(12)16/h3-4,7-8,13H,5-6H2,1-2H3,(H2,12,16)(H,14,15). The monoisotopic (exact) mass is 222 g/mol. The topological polar surface area (TPSA) is 80.0 Å². The molecule has 0 saturated heterocycles. The molecule has 0 unspecified atom stereocenters. The Kier molecular flexibility index (Phi) is 4.72. The third-order valence-electron chi connectivity index (χ3n) is 2.03. The zero-order valence-corrected chi connectivity index (χ0v) is 9.66. The number of aromatic nitrogens is 1.